The summed E-state index contributed by atoms with van der Waals surface area (Å²) in [4.78, 5) is 24.9. The highest BCUT2D eigenvalue weighted by molar-refractivity contribution is 8.00. The Balaban J connectivity index is 1.69. The zero-order valence-electron chi connectivity index (χ0n) is 14.2. The van der Waals surface area contributed by atoms with Crippen LogP contribution in [0.5, 0.6) is 0 Å². The first-order chi connectivity index (χ1) is 12.0. The van der Waals surface area contributed by atoms with Crippen molar-refractivity contribution in [3.05, 3.63) is 72.3 Å². The normalized spacial score (nSPS) is 11.9. The fraction of sp³-hybridized carbons (Fsp3) is 0.143. The highest BCUT2D eigenvalue weighted by Crippen LogP contribution is 2.27. The first-order valence-electron chi connectivity index (χ1n) is 8.10. The van der Waals surface area contributed by atoms with Crippen LogP contribution in [0, 0.1) is 0 Å². The van der Waals surface area contributed by atoms with Gasteiger partial charge in [0.05, 0.1) is 5.25 Å². The summed E-state index contributed by atoms with van der Waals surface area (Å²) in [7, 11) is 0. The number of carbonyl (C=O) groups is 2. The number of ketones is 1. The van der Waals surface area contributed by atoms with Crippen LogP contribution < -0.4 is 5.32 Å². The third-order valence-corrected chi connectivity index (χ3v) is 5.03. The predicted molar refractivity (Wildman–Crippen MR) is 104 cm³/mol. The van der Waals surface area contributed by atoms with E-state index in [0.717, 1.165) is 10.3 Å². The fourth-order valence-electron chi connectivity index (χ4n) is 2.56. The number of hydrogen-bond acceptors (Lipinski definition) is 3. The molecular weight excluding hydrogens is 330 g/mol. The second kappa shape index (κ2) is 7.53. The molecule has 0 aromatic heterocycles. The predicted octanol–water partition coefficient (Wildman–Crippen LogP) is 5.16. The molecule has 4 heteroatoms. The van der Waals surface area contributed by atoms with Gasteiger partial charge in [0.15, 0.2) is 5.78 Å². The number of amides is 1. The second-order valence-electron chi connectivity index (χ2n) is 5.90. The van der Waals surface area contributed by atoms with Gasteiger partial charge in [0.2, 0.25) is 5.91 Å². The quantitative estimate of drug-likeness (QED) is 0.511. The van der Waals surface area contributed by atoms with Gasteiger partial charge in [-0.2, -0.15) is 0 Å². The summed E-state index contributed by atoms with van der Waals surface area (Å²) in [6.45, 7) is 3.39. The van der Waals surface area contributed by atoms with Crippen molar-refractivity contribution in [1.82, 2.24) is 0 Å². The number of hydrogen-bond donors (Lipinski definition) is 1. The standard InChI is InChI=1S/C21H19NO2S/c1-14(23)17-8-5-9-19(12-17)22-21(24)15(2)25-20-11-10-16-6-3-4-7-18(16)13-20/h3-13,15H,1-2H3,(H,22,24)/t15-/m0/s1. The number of rotatable bonds is 5. The summed E-state index contributed by atoms with van der Waals surface area (Å²) in [6, 6.07) is 21.4. The Morgan fingerprint density at radius 1 is 0.920 bits per heavy atom. The third kappa shape index (κ3) is 4.28. The van der Waals surface area contributed by atoms with E-state index in [4.69, 9.17) is 0 Å². The first-order valence-corrected chi connectivity index (χ1v) is 8.98. The van der Waals surface area contributed by atoms with E-state index < -0.39 is 0 Å². The zero-order chi connectivity index (χ0) is 17.8. The molecule has 0 saturated heterocycles. The summed E-state index contributed by atoms with van der Waals surface area (Å²) in [6.07, 6.45) is 0. The summed E-state index contributed by atoms with van der Waals surface area (Å²) < 4.78 is 0. The Bertz CT molecular complexity index is 936. The molecular formula is C21H19NO2S. The van der Waals surface area contributed by atoms with E-state index in [0.29, 0.717) is 11.3 Å². The van der Waals surface area contributed by atoms with Crippen molar-refractivity contribution >= 4 is 39.9 Å². The molecule has 3 aromatic rings. The minimum atomic E-state index is -0.248. The van der Waals surface area contributed by atoms with Crippen molar-refractivity contribution in [3.63, 3.8) is 0 Å². The molecule has 0 heterocycles. The molecule has 1 amide bonds. The van der Waals surface area contributed by atoms with Crippen LogP contribution in [0.4, 0.5) is 5.69 Å². The van der Waals surface area contributed by atoms with Crippen LogP contribution >= 0.6 is 11.8 Å². The van der Waals surface area contributed by atoms with E-state index in [1.807, 2.05) is 25.1 Å². The van der Waals surface area contributed by atoms with E-state index in [9.17, 15) is 9.59 Å². The highest BCUT2D eigenvalue weighted by Gasteiger charge is 2.15. The molecule has 3 nitrogen and oxygen atoms in total. The summed E-state index contributed by atoms with van der Waals surface area (Å²) >= 11 is 1.52. The molecule has 3 aromatic carbocycles. The molecule has 1 atom stereocenters. The minimum Gasteiger partial charge on any atom is -0.325 e. The van der Waals surface area contributed by atoms with Gasteiger partial charge >= 0.3 is 0 Å². The topological polar surface area (TPSA) is 46.2 Å². The van der Waals surface area contributed by atoms with E-state index in [1.54, 1.807) is 24.3 Å². The number of fused-ring (bicyclic) bond motifs is 1. The van der Waals surface area contributed by atoms with Crippen LogP contribution in [-0.2, 0) is 4.79 Å². The van der Waals surface area contributed by atoms with Gasteiger partial charge in [-0.05, 0) is 48.9 Å². The number of nitrogens with one attached hydrogen (secondary N) is 1. The van der Waals surface area contributed by atoms with Crippen LogP contribution in [0.2, 0.25) is 0 Å². The molecule has 3 rings (SSSR count). The molecule has 0 saturated carbocycles. The monoisotopic (exact) mass is 349 g/mol. The average molecular weight is 349 g/mol. The van der Waals surface area contributed by atoms with Gasteiger partial charge in [-0.15, -0.1) is 11.8 Å². The number of Topliss-reactive ketones (excluding diaryl/α,β-unsaturated/α-hetero) is 1. The van der Waals surface area contributed by atoms with Gasteiger partial charge in [0.1, 0.15) is 0 Å². The molecule has 0 aliphatic rings. The van der Waals surface area contributed by atoms with Crippen molar-refractivity contribution < 1.29 is 9.59 Å². The average Bonchev–Trinajstić information content (AvgIpc) is 2.61. The SMILES string of the molecule is CC(=O)c1cccc(NC(=O)[C@H](C)Sc2ccc3ccccc3c2)c1. The van der Waals surface area contributed by atoms with Crippen molar-refractivity contribution in [3.8, 4) is 0 Å². The number of carbonyl (C=O) groups excluding carboxylic acids is 2. The third-order valence-electron chi connectivity index (χ3n) is 3.94. The van der Waals surface area contributed by atoms with E-state index in [-0.39, 0.29) is 16.9 Å². The van der Waals surface area contributed by atoms with Gasteiger partial charge in [0.25, 0.3) is 0 Å². The lowest BCUT2D eigenvalue weighted by Crippen LogP contribution is -2.22. The van der Waals surface area contributed by atoms with Crippen molar-refractivity contribution in [2.45, 2.75) is 24.0 Å². The molecule has 0 unspecified atom stereocenters. The number of anilines is 1. The molecule has 0 spiro atoms. The van der Waals surface area contributed by atoms with Crippen molar-refractivity contribution in [2.24, 2.45) is 0 Å². The van der Waals surface area contributed by atoms with Crippen LogP contribution in [-0.4, -0.2) is 16.9 Å². The molecule has 0 fully saturated rings. The van der Waals surface area contributed by atoms with Crippen LogP contribution in [0.25, 0.3) is 10.8 Å². The van der Waals surface area contributed by atoms with Crippen molar-refractivity contribution in [2.75, 3.05) is 5.32 Å². The Morgan fingerprint density at radius 2 is 1.68 bits per heavy atom. The van der Waals surface area contributed by atoms with Gasteiger partial charge < -0.3 is 5.32 Å². The first kappa shape index (κ1) is 17.2. The lowest BCUT2D eigenvalue weighted by molar-refractivity contribution is -0.115. The highest BCUT2D eigenvalue weighted by atomic mass is 32.2. The molecule has 0 aliphatic carbocycles. The summed E-state index contributed by atoms with van der Waals surface area (Å²) in [5, 5.41) is 4.98. The van der Waals surface area contributed by atoms with Crippen LogP contribution in [0.1, 0.15) is 24.2 Å². The summed E-state index contributed by atoms with van der Waals surface area (Å²) in [5.74, 6) is -0.103. The number of benzene rings is 3. The molecule has 0 bridgehead atoms. The Labute approximate surface area is 151 Å². The van der Waals surface area contributed by atoms with Gasteiger partial charge in [0, 0.05) is 16.1 Å². The summed E-state index contributed by atoms with van der Waals surface area (Å²) in [5.41, 5.74) is 1.23. The molecule has 0 radical (unpaired) electrons. The minimum absolute atomic E-state index is 0.0188. The lowest BCUT2D eigenvalue weighted by Gasteiger charge is -2.13. The van der Waals surface area contributed by atoms with E-state index in [1.165, 1.54) is 24.1 Å². The lowest BCUT2D eigenvalue weighted by atomic mass is 10.1. The van der Waals surface area contributed by atoms with Crippen LogP contribution in [0.15, 0.2) is 71.6 Å². The Hall–Kier alpha value is -2.59. The number of thioether (sulfide) groups is 1. The molecule has 1 N–H and O–H groups in total. The largest absolute Gasteiger partial charge is 0.325 e. The smallest absolute Gasteiger partial charge is 0.237 e. The molecule has 0 aliphatic heterocycles. The zero-order valence-corrected chi connectivity index (χ0v) is 15.0. The van der Waals surface area contributed by atoms with Crippen LogP contribution in [0.3, 0.4) is 0 Å². The fourth-order valence-corrected chi connectivity index (χ4v) is 3.47. The van der Waals surface area contributed by atoms with Gasteiger partial charge in [-0.25, -0.2) is 0 Å². The maximum Gasteiger partial charge on any atom is 0.237 e. The van der Waals surface area contributed by atoms with E-state index in [2.05, 4.69) is 29.6 Å². The van der Waals surface area contributed by atoms with Crippen molar-refractivity contribution in [1.29, 1.82) is 0 Å². The Kier molecular flexibility index (Phi) is 5.19. The molecule has 25 heavy (non-hydrogen) atoms. The maximum atomic E-state index is 12.4. The molecule has 126 valence electrons. The van der Waals surface area contributed by atoms with Gasteiger partial charge in [-0.3, -0.25) is 9.59 Å². The van der Waals surface area contributed by atoms with E-state index >= 15 is 0 Å². The second-order valence-corrected chi connectivity index (χ2v) is 7.31. The maximum absolute atomic E-state index is 12.4. The van der Waals surface area contributed by atoms with Gasteiger partial charge in [-0.1, -0.05) is 42.5 Å². The Morgan fingerprint density at radius 3 is 2.44 bits per heavy atom.